The summed E-state index contributed by atoms with van der Waals surface area (Å²) in [7, 11) is 0. The third-order valence-electron chi connectivity index (χ3n) is 3.64. The van der Waals surface area contributed by atoms with E-state index in [4.69, 9.17) is 5.73 Å². The molecule has 1 aromatic heterocycles. The first kappa shape index (κ1) is 18.0. The van der Waals surface area contributed by atoms with Gasteiger partial charge in [0.2, 0.25) is 5.91 Å². The Kier molecular flexibility index (Phi) is 5.60. The SMILES string of the molecule is CSNc1cccc(NC(=O)c2cc(-c3cccc(C(N)=O)c3)cs2)c1. The van der Waals surface area contributed by atoms with Crippen LogP contribution in [0, 0.1) is 0 Å². The van der Waals surface area contributed by atoms with Gasteiger partial charge in [-0.25, -0.2) is 0 Å². The van der Waals surface area contributed by atoms with E-state index >= 15 is 0 Å². The molecule has 132 valence electrons. The average molecular weight is 383 g/mol. The summed E-state index contributed by atoms with van der Waals surface area (Å²) >= 11 is 2.84. The molecule has 0 radical (unpaired) electrons. The van der Waals surface area contributed by atoms with Crippen molar-refractivity contribution in [3.05, 3.63) is 70.4 Å². The highest BCUT2D eigenvalue weighted by Gasteiger charge is 2.12. The molecule has 0 saturated carbocycles. The van der Waals surface area contributed by atoms with E-state index < -0.39 is 5.91 Å². The van der Waals surface area contributed by atoms with E-state index in [9.17, 15) is 9.59 Å². The Morgan fingerprint density at radius 1 is 1.00 bits per heavy atom. The van der Waals surface area contributed by atoms with Gasteiger partial charge in [0.15, 0.2) is 0 Å². The van der Waals surface area contributed by atoms with E-state index in [0.717, 1.165) is 22.5 Å². The second kappa shape index (κ2) is 8.07. The van der Waals surface area contributed by atoms with Crippen LogP contribution in [0.5, 0.6) is 0 Å². The van der Waals surface area contributed by atoms with Crippen LogP contribution in [0.3, 0.4) is 0 Å². The van der Waals surface area contributed by atoms with Crippen LogP contribution in [-0.4, -0.2) is 18.1 Å². The Labute approximate surface area is 159 Å². The van der Waals surface area contributed by atoms with Gasteiger partial charge >= 0.3 is 0 Å². The van der Waals surface area contributed by atoms with Crippen molar-refractivity contribution in [3.63, 3.8) is 0 Å². The molecule has 2 amide bonds. The number of amides is 2. The van der Waals surface area contributed by atoms with Gasteiger partial charge in [0.25, 0.3) is 5.91 Å². The van der Waals surface area contributed by atoms with Gasteiger partial charge in [-0.1, -0.05) is 30.1 Å². The molecule has 2 aromatic carbocycles. The van der Waals surface area contributed by atoms with Crippen molar-refractivity contribution in [2.45, 2.75) is 0 Å². The molecule has 3 rings (SSSR count). The molecule has 3 aromatic rings. The molecular formula is C19H17N3O2S2. The van der Waals surface area contributed by atoms with Gasteiger partial charge in [0.1, 0.15) is 0 Å². The molecule has 0 bridgehead atoms. The Morgan fingerprint density at radius 2 is 1.77 bits per heavy atom. The number of carbonyl (C=O) groups excluding carboxylic acids is 2. The number of nitrogens with two attached hydrogens (primary N) is 1. The first-order chi connectivity index (χ1) is 12.6. The van der Waals surface area contributed by atoms with E-state index in [-0.39, 0.29) is 5.91 Å². The lowest BCUT2D eigenvalue weighted by molar-refractivity contribution is 0.0998. The van der Waals surface area contributed by atoms with Crippen molar-refractivity contribution >= 4 is 46.5 Å². The van der Waals surface area contributed by atoms with Crippen LogP contribution in [-0.2, 0) is 0 Å². The molecule has 0 spiro atoms. The first-order valence-electron chi connectivity index (χ1n) is 7.76. The van der Waals surface area contributed by atoms with Gasteiger partial charge in [0.05, 0.1) is 4.88 Å². The topological polar surface area (TPSA) is 84.2 Å². The van der Waals surface area contributed by atoms with Crippen LogP contribution >= 0.6 is 23.3 Å². The van der Waals surface area contributed by atoms with E-state index in [0.29, 0.717) is 10.4 Å². The zero-order valence-electron chi connectivity index (χ0n) is 14.0. The fraction of sp³-hybridized carbons (Fsp3) is 0.0526. The largest absolute Gasteiger partial charge is 0.366 e. The monoisotopic (exact) mass is 383 g/mol. The predicted molar refractivity (Wildman–Crippen MR) is 110 cm³/mol. The fourth-order valence-electron chi connectivity index (χ4n) is 2.43. The highest BCUT2D eigenvalue weighted by molar-refractivity contribution is 7.99. The number of primary amides is 1. The van der Waals surface area contributed by atoms with E-state index in [1.807, 2.05) is 48.0 Å². The molecule has 0 aliphatic rings. The molecule has 0 aliphatic carbocycles. The van der Waals surface area contributed by atoms with Crippen LogP contribution in [0.4, 0.5) is 11.4 Å². The van der Waals surface area contributed by atoms with E-state index in [2.05, 4.69) is 10.0 Å². The molecule has 0 aliphatic heterocycles. The Bertz CT molecular complexity index is 953. The lowest BCUT2D eigenvalue weighted by atomic mass is 10.1. The molecule has 26 heavy (non-hydrogen) atoms. The molecule has 4 N–H and O–H groups in total. The maximum Gasteiger partial charge on any atom is 0.265 e. The van der Waals surface area contributed by atoms with Crippen molar-refractivity contribution in [1.82, 2.24) is 0 Å². The summed E-state index contributed by atoms with van der Waals surface area (Å²) in [4.78, 5) is 24.4. The number of nitrogens with one attached hydrogen (secondary N) is 2. The van der Waals surface area contributed by atoms with Crippen molar-refractivity contribution in [1.29, 1.82) is 0 Å². The summed E-state index contributed by atoms with van der Waals surface area (Å²) in [5, 5.41) is 4.79. The first-order valence-corrected chi connectivity index (χ1v) is 9.86. The minimum Gasteiger partial charge on any atom is -0.366 e. The molecular weight excluding hydrogens is 366 g/mol. The number of rotatable bonds is 6. The van der Waals surface area contributed by atoms with Gasteiger partial charge in [0, 0.05) is 23.2 Å². The summed E-state index contributed by atoms with van der Waals surface area (Å²) in [6.45, 7) is 0. The number of thiophene rings is 1. The Morgan fingerprint density at radius 3 is 2.54 bits per heavy atom. The summed E-state index contributed by atoms with van der Waals surface area (Å²) in [5.41, 5.74) is 9.14. The molecule has 1 heterocycles. The van der Waals surface area contributed by atoms with Crippen molar-refractivity contribution < 1.29 is 9.59 Å². The van der Waals surface area contributed by atoms with Crippen molar-refractivity contribution in [3.8, 4) is 11.1 Å². The standard InChI is InChI=1S/C19H17N3O2S2/c1-25-22-16-7-3-6-15(10-16)21-19(24)17-9-14(11-26-17)12-4-2-5-13(8-12)18(20)23/h2-11,22H,1H3,(H2,20,23)(H,21,24). The second-order valence-electron chi connectivity index (χ2n) is 5.49. The number of anilines is 2. The average Bonchev–Trinajstić information content (AvgIpc) is 3.13. The van der Waals surface area contributed by atoms with Crippen molar-refractivity contribution in [2.24, 2.45) is 5.73 Å². The highest BCUT2D eigenvalue weighted by Crippen LogP contribution is 2.27. The lowest BCUT2D eigenvalue weighted by Gasteiger charge is -2.07. The number of hydrogen-bond acceptors (Lipinski definition) is 5. The summed E-state index contributed by atoms with van der Waals surface area (Å²) in [5.74, 6) is -0.646. The van der Waals surface area contributed by atoms with Crippen LogP contribution in [0.25, 0.3) is 11.1 Å². The van der Waals surface area contributed by atoms with Gasteiger partial charge in [-0.3, -0.25) is 9.59 Å². The molecule has 0 atom stereocenters. The maximum atomic E-state index is 12.5. The van der Waals surface area contributed by atoms with Gasteiger partial charge in [-0.2, -0.15) is 0 Å². The molecule has 0 unspecified atom stereocenters. The predicted octanol–water partition coefficient (Wildman–Crippen LogP) is 4.46. The van der Waals surface area contributed by atoms with Crippen LogP contribution < -0.4 is 15.8 Å². The van der Waals surface area contributed by atoms with Gasteiger partial charge < -0.3 is 15.8 Å². The summed E-state index contributed by atoms with van der Waals surface area (Å²) in [6.07, 6.45) is 1.94. The van der Waals surface area contributed by atoms with Crippen LogP contribution in [0.2, 0.25) is 0 Å². The second-order valence-corrected chi connectivity index (χ2v) is 7.01. The molecule has 7 heteroatoms. The minimum absolute atomic E-state index is 0.173. The zero-order chi connectivity index (χ0) is 18.5. The van der Waals surface area contributed by atoms with E-state index in [1.54, 1.807) is 18.2 Å². The molecule has 0 fully saturated rings. The molecule has 0 saturated heterocycles. The Hall–Kier alpha value is -2.77. The quantitative estimate of drug-likeness (QED) is 0.549. The normalized spacial score (nSPS) is 10.3. The summed E-state index contributed by atoms with van der Waals surface area (Å²) in [6, 6.07) is 16.4. The number of carbonyl (C=O) groups is 2. The van der Waals surface area contributed by atoms with Crippen LogP contribution in [0.15, 0.2) is 60.0 Å². The lowest BCUT2D eigenvalue weighted by Crippen LogP contribution is -2.10. The Balaban J connectivity index is 1.77. The van der Waals surface area contributed by atoms with Gasteiger partial charge in [-0.15, -0.1) is 11.3 Å². The third kappa shape index (κ3) is 4.25. The smallest absolute Gasteiger partial charge is 0.265 e. The van der Waals surface area contributed by atoms with Crippen molar-refractivity contribution in [2.75, 3.05) is 16.3 Å². The third-order valence-corrected chi connectivity index (χ3v) is 5.01. The van der Waals surface area contributed by atoms with Crippen LogP contribution in [0.1, 0.15) is 20.0 Å². The zero-order valence-corrected chi connectivity index (χ0v) is 15.6. The highest BCUT2D eigenvalue weighted by atomic mass is 32.2. The molecule has 5 nitrogen and oxygen atoms in total. The number of hydrogen-bond donors (Lipinski definition) is 3. The fourth-order valence-corrected chi connectivity index (χ4v) is 3.60. The van der Waals surface area contributed by atoms with Gasteiger partial charge in [-0.05, 0) is 52.9 Å². The van der Waals surface area contributed by atoms with E-state index in [1.165, 1.54) is 23.3 Å². The maximum absolute atomic E-state index is 12.5. The number of benzene rings is 2. The minimum atomic E-state index is -0.473. The summed E-state index contributed by atoms with van der Waals surface area (Å²) < 4.78 is 3.13.